The summed E-state index contributed by atoms with van der Waals surface area (Å²) in [6.45, 7) is 2.42. The summed E-state index contributed by atoms with van der Waals surface area (Å²) in [5, 5.41) is 11.4. The number of likely N-dealkylation sites (tertiary alicyclic amines) is 1. The molecule has 0 amide bonds. The van der Waals surface area contributed by atoms with Crippen LogP contribution in [0.5, 0.6) is 5.75 Å². The van der Waals surface area contributed by atoms with Crippen molar-refractivity contribution in [2.45, 2.75) is 19.3 Å². The Morgan fingerprint density at radius 2 is 1.77 bits per heavy atom. The van der Waals surface area contributed by atoms with Crippen molar-refractivity contribution in [1.29, 1.82) is 0 Å². The monoisotopic (exact) mass is 368 g/mol. The van der Waals surface area contributed by atoms with Crippen LogP contribution in [0.4, 0.5) is 0 Å². The molecule has 1 saturated heterocycles. The number of carbonyl (C=O) groups is 1. The van der Waals surface area contributed by atoms with Crippen molar-refractivity contribution < 1.29 is 9.90 Å². The van der Waals surface area contributed by atoms with Crippen LogP contribution >= 0.6 is 11.6 Å². The minimum absolute atomic E-state index is 0.121. The van der Waals surface area contributed by atoms with Gasteiger partial charge in [-0.2, -0.15) is 0 Å². The molecule has 1 aliphatic heterocycles. The predicted octanol–water partition coefficient (Wildman–Crippen LogP) is 4.66. The van der Waals surface area contributed by atoms with Gasteiger partial charge in [-0.3, -0.25) is 9.69 Å². The third-order valence-corrected chi connectivity index (χ3v) is 5.26. The van der Waals surface area contributed by atoms with Crippen molar-refractivity contribution in [2.24, 2.45) is 0 Å². The normalized spacial score (nSPS) is 15.4. The lowest BCUT2D eigenvalue weighted by atomic mass is 10.1. The van der Waals surface area contributed by atoms with Crippen molar-refractivity contribution >= 4 is 28.3 Å². The highest BCUT2D eigenvalue weighted by molar-refractivity contribution is 6.30. The standard InChI is InChI=1S/C21H21ClN2O2/c22-15-4-6-16(7-5-15)24-13-19(18-9-8-17(25)12-20(18)24)21(26)14-23-10-2-1-3-11-23/h4-9,12-13,25H,1-3,10-11,14H2. The summed E-state index contributed by atoms with van der Waals surface area (Å²) in [7, 11) is 0. The smallest absolute Gasteiger partial charge is 0.178 e. The number of phenols is 1. The lowest BCUT2D eigenvalue weighted by Crippen LogP contribution is -2.34. The van der Waals surface area contributed by atoms with Gasteiger partial charge in [-0.05, 0) is 62.3 Å². The molecule has 0 saturated carbocycles. The van der Waals surface area contributed by atoms with E-state index in [0.29, 0.717) is 17.1 Å². The molecule has 5 heteroatoms. The van der Waals surface area contributed by atoms with Crippen LogP contribution in [0, 0.1) is 0 Å². The highest BCUT2D eigenvalue weighted by Gasteiger charge is 2.20. The Labute approximate surface area is 157 Å². The van der Waals surface area contributed by atoms with E-state index >= 15 is 0 Å². The average Bonchev–Trinajstić information content (AvgIpc) is 3.02. The molecule has 0 spiro atoms. The second-order valence-corrected chi connectivity index (χ2v) is 7.29. The maximum Gasteiger partial charge on any atom is 0.178 e. The lowest BCUT2D eigenvalue weighted by molar-refractivity contribution is 0.0917. The number of carbonyl (C=O) groups excluding carboxylic acids is 1. The number of hydrogen-bond acceptors (Lipinski definition) is 3. The molecule has 0 aliphatic carbocycles. The molecular formula is C21H21ClN2O2. The largest absolute Gasteiger partial charge is 0.508 e. The highest BCUT2D eigenvalue weighted by atomic mass is 35.5. The van der Waals surface area contributed by atoms with Crippen molar-refractivity contribution in [1.82, 2.24) is 9.47 Å². The first-order chi connectivity index (χ1) is 12.6. The van der Waals surface area contributed by atoms with E-state index in [-0.39, 0.29) is 11.5 Å². The molecule has 0 atom stereocenters. The van der Waals surface area contributed by atoms with Gasteiger partial charge < -0.3 is 9.67 Å². The zero-order valence-corrected chi connectivity index (χ0v) is 15.2. The molecule has 26 heavy (non-hydrogen) atoms. The van der Waals surface area contributed by atoms with Gasteiger partial charge in [0.1, 0.15) is 5.75 Å². The summed E-state index contributed by atoms with van der Waals surface area (Å²) in [6, 6.07) is 12.6. The number of halogens is 1. The van der Waals surface area contributed by atoms with E-state index in [2.05, 4.69) is 4.90 Å². The second kappa shape index (κ2) is 7.14. The zero-order chi connectivity index (χ0) is 18.1. The van der Waals surface area contributed by atoms with Crippen LogP contribution in [0.25, 0.3) is 16.6 Å². The minimum atomic E-state index is 0.121. The van der Waals surface area contributed by atoms with Crippen LogP contribution in [0.15, 0.2) is 48.7 Å². The average molecular weight is 369 g/mol. The first-order valence-electron chi connectivity index (χ1n) is 8.97. The highest BCUT2D eigenvalue weighted by Crippen LogP contribution is 2.29. The molecule has 2 aromatic carbocycles. The van der Waals surface area contributed by atoms with Gasteiger partial charge in [-0.1, -0.05) is 18.0 Å². The fraction of sp³-hybridized carbons (Fsp3) is 0.286. The molecule has 4 rings (SSSR count). The van der Waals surface area contributed by atoms with Gasteiger partial charge in [0.25, 0.3) is 0 Å². The van der Waals surface area contributed by atoms with E-state index < -0.39 is 0 Å². The van der Waals surface area contributed by atoms with E-state index in [9.17, 15) is 9.90 Å². The number of Topliss-reactive ketones (excluding diaryl/α,β-unsaturated/α-hetero) is 1. The third-order valence-electron chi connectivity index (χ3n) is 5.01. The number of nitrogens with zero attached hydrogens (tertiary/aromatic N) is 2. The van der Waals surface area contributed by atoms with Gasteiger partial charge in [-0.15, -0.1) is 0 Å². The van der Waals surface area contributed by atoms with Crippen LogP contribution < -0.4 is 0 Å². The van der Waals surface area contributed by atoms with Crippen molar-refractivity contribution in [3.8, 4) is 11.4 Å². The third kappa shape index (κ3) is 3.35. The molecule has 0 bridgehead atoms. The molecule has 0 unspecified atom stereocenters. The maximum absolute atomic E-state index is 13.0. The molecule has 0 radical (unpaired) electrons. The van der Waals surface area contributed by atoms with Crippen molar-refractivity contribution in [3.63, 3.8) is 0 Å². The Balaban J connectivity index is 1.75. The molecule has 134 valence electrons. The molecule has 4 nitrogen and oxygen atoms in total. The Bertz CT molecular complexity index is 941. The van der Waals surface area contributed by atoms with Crippen molar-refractivity contribution in [3.05, 3.63) is 59.2 Å². The summed E-state index contributed by atoms with van der Waals surface area (Å²) in [6.07, 6.45) is 5.45. The second-order valence-electron chi connectivity index (χ2n) is 6.85. The molecule has 2 heterocycles. The number of fused-ring (bicyclic) bond motifs is 1. The Morgan fingerprint density at radius 3 is 2.50 bits per heavy atom. The predicted molar refractivity (Wildman–Crippen MR) is 105 cm³/mol. The van der Waals surface area contributed by atoms with Gasteiger partial charge in [0.2, 0.25) is 0 Å². The minimum Gasteiger partial charge on any atom is -0.508 e. The van der Waals surface area contributed by atoms with Gasteiger partial charge >= 0.3 is 0 Å². The molecule has 1 N–H and O–H groups in total. The molecule has 3 aromatic rings. The number of ketones is 1. The van der Waals surface area contributed by atoms with Crippen molar-refractivity contribution in [2.75, 3.05) is 19.6 Å². The van der Waals surface area contributed by atoms with Gasteiger partial charge in [0, 0.05) is 33.9 Å². The molecule has 1 aliphatic rings. The van der Waals surface area contributed by atoms with E-state index in [1.165, 1.54) is 6.42 Å². The Hall–Kier alpha value is -2.30. The summed E-state index contributed by atoms with van der Waals surface area (Å²) >= 11 is 6.00. The summed E-state index contributed by atoms with van der Waals surface area (Å²) in [4.78, 5) is 15.2. The van der Waals surface area contributed by atoms with E-state index in [1.807, 2.05) is 41.1 Å². The summed E-state index contributed by atoms with van der Waals surface area (Å²) in [5.41, 5.74) is 2.41. The van der Waals surface area contributed by atoms with E-state index in [1.54, 1.807) is 12.1 Å². The van der Waals surface area contributed by atoms with Crippen LogP contribution in [-0.2, 0) is 0 Å². The summed E-state index contributed by atoms with van der Waals surface area (Å²) < 4.78 is 1.94. The van der Waals surface area contributed by atoms with Gasteiger partial charge in [-0.25, -0.2) is 0 Å². The lowest BCUT2D eigenvalue weighted by Gasteiger charge is -2.25. The van der Waals surface area contributed by atoms with Crippen LogP contribution in [0.3, 0.4) is 0 Å². The Morgan fingerprint density at radius 1 is 1.04 bits per heavy atom. The maximum atomic E-state index is 13.0. The van der Waals surface area contributed by atoms with E-state index in [4.69, 9.17) is 11.6 Å². The quantitative estimate of drug-likeness (QED) is 0.681. The van der Waals surface area contributed by atoms with Crippen LogP contribution in [-0.4, -0.2) is 40.0 Å². The van der Waals surface area contributed by atoms with Gasteiger partial charge in [0.15, 0.2) is 5.78 Å². The fourth-order valence-electron chi connectivity index (χ4n) is 3.66. The SMILES string of the molecule is O=C(CN1CCCCC1)c1cn(-c2ccc(Cl)cc2)c2cc(O)ccc12. The number of rotatable bonds is 4. The molecule has 1 aromatic heterocycles. The number of benzene rings is 2. The summed E-state index contributed by atoms with van der Waals surface area (Å²) in [5.74, 6) is 0.302. The molecule has 1 fully saturated rings. The van der Waals surface area contributed by atoms with Crippen LogP contribution in [0.2, 0.25) is 5.02 Å². The first-order valence-corrected chi connectivity index (χ1v) is 9.35. The molecular weight excluding hydrogens is 348 g/mol. The fourth-order valence-corrected chi connectivity index (χ4v) is 3.78. The Kier molecular flexibility index (Phi) is 4.70. The number of aromatic nitrogens is 1. The van der Waals surface area contributed by atoms with Gasteiger partial charge in [0.05, 0.1) is 12.1 Å². The number of hydrogen-bond donors (Lipinski definition) is 1. The topological polar surface area (TPSA) is 45.5 Å². The van der Waals surface area contributed by atoms with Crippen LogP contribution in [0.1, 0.15) is 29.6 Å². The number of piperidine rings is 1. The van der Waals surface area contributed by atoms with E-state index in [0.717, 1.165) is 42.5 Å². The number of phenolic OH excluding ortho intramolecular Hbond substituents is 1. The first kappa shape index (κ1) is 17.1. The zero-order valence-electron chi connectivity index (χ0n) is 14.5. The number of aromatic hydroxyl groups is 1.